The molecule has 1 aromatic carbocycles. The lowest BCUT2D eigenvalue weighted by atomic mass is 10.1. The minimum absolute atomic E-state index is 0.0989. The van der Waals surface area contributed by atoms with Gasteiger partial charge in [0, 0.05) is 5.69 Å². The van der Waals surface area contributed by atoms with Crippen molar-refractivity contribution in [2.24, 2.45) is 5.73 Å². The summed E-state index contributed by atoms with van der Waals surface area (Å²) >= 11 is 0. The van der Waals surface area contributed by atoms with Gasteiger partial charge in [-0.2, -0.15) is 13.2 Å². The molecular weight excluding hydrogens is 245 g/mol. The molecule has 1 unspecified atom stereocenters. The Morgan fingerprint density at radius 1 is 1.44 bits per heavy atom. The standard InChI is InChI=1S/C12H15F3N2O/c1-3-10(16)11(18)17-8-5-4-7(2)9(6-8)12(13,14)15/h4-6,10H,3,16H2,1-2H3,(H,17,18). The highest BCUT2D eigenvalue weighted by Crippen LogP contribution is 2.33. The molecule has 1 amide bonds. The first kappa shape index (κ1) is 14.5. The van der Waals surface area contributed by atoms with Gasteiger partial charge < -0.3 is 11.1 Å². The largest absolute Gasteiger partial charge is 0.416 e. The van der Waals surface area contributed by atoms with Gasteiger partial charge in [0.15, 0.2) is 0 Å². The molecular formula is C12H15F3N2O. The SMILES string of the molecule is CCC(N)C(=O)Nc1ccc(C)c(C(F)(F)F)c1. The van der Waals surface area contributed by atoms with E-state index in [0.29, 0.717) is 6.42 Å². The molecule has 1 atom stereocenters. The number of aryl methyl sites for hydroxylation is 1. The summed E-state index contributed by atoms with van der Waals surface area (Å²) in [7, 11) is 0. The molecule has 0 fully saturated rings. The molecule has 0 spiro atoms. The van der Waals surface area contributed by atoms with Crippen molar-refractivity contribution in [1.29, 1.82) is 0 Å². The molecule has 0 saturated carbocycles. The van der Waals surface area contributed by atoms with E-state index in [4.69, 9.17) is 5.73 Å². The molecule has 0 aliphatic heterocycles. The zero-order valence-corrected chi connectivity index (χ0v) is 10.1. The van der Waals surface area contributed by atoms with Gasteiger partial charge in [-0.3, -0.25) is 4.79 Å². The van der Waals surface area contributed by atoms with Crippen LogP contribution in [0.4, 0.5) is 18.9 Å². The van der Waals surface area contributed by atoms with Crippen molar-refractivity contribution >= 4 is 11.6 Å². The minimum Gasteiger partial charge on any atom is -0.325 e. The van der Waals surface area contributed by atoms with Crippen LogP contribution in [-0.4, -0.2) is 11.9 Å². The van der Waals surface area contributed by atoms with E-state index in [2.05, 4.69) is 5.32 Å². The first-order valence-electron chi connectivity index (χ1n) is 5.50. The number of amides is 1. The van der Waals surface area contributed by atoms with Crippen molar-refractivity contribution in [1.82, 2.24) is 0 Å². The van der Waals surface area contributed by atoms with E-state index >= 15 is 0 Å². The van der Waals surface area contributed by atoms with Crippen LogP contribution >= 0.6 is 0 Å². The fourth-order valence-electron chi connectivity index (χ4n) is 1.43. The van der Waals surface area contributed by atoms with Crippen LogP contribution in [0.1, 0.15) is 24.5 Å². The van der Waals surface area contributed by atoms with Gasteiger partial charge in [-0.05, 0) is 31.0 Å². The number of nitrogens with two attached hydrogens (primary N) is 1. The summed E-state index contributed by atoms with van der Waals surface area (Å²) in [4.78, 5) is 11.5. The van der Waals surface area contributed by atoms with E-state index < -0.39 is 23.7 Å². The van der Waals surface area contributed by atoms with Gasteiger partial charge in [0.1, 0.15) is 0 Å². The average molecular weight is 260 g/mol. The third-order valence-corrected chi connectivity index (χ3v) is 2.59. The van der Waals surface area contributed by atoms with Crippen molar-refractivity contribution in [3.05, 3.63) is 29.3 Å². The van der Waals surface area contributed by atoms with Gasteiger partial charge in [0.05, 0.1) is 11.6 Å². The highest BCUT2D eigenvalue weighted by molar-refractivity contribution is 5.94. The first-order valence-corrected chi connectivity index (χ1v) is 5.50. The monoisotopic (exact) mass is 260 g/mol. The van der Waals surface area contributed by atoms with Gasteiger partial charge in [0.25, 0.3) is 0 Å². The summed E-state index contributed by atoms with van der Waals surface area (Å²) < 4.78 is 38.0. The molecule has 0 aliphatic rings. The smallest absolute Gasteiger partial charge is 0.325 e. The number of hydrogen-bond donors (Lipinski definition) is 2. The molecule has 18 heavy (non-hydrogen) atoms. The van der Waals surface area contributed by atoms with Crippen LogP contribution < -0.4 is 11.1 Å². The Balaban J connectivity index is 2.96. The van der Waals surface area contributed by atoms with Gasteiger partial charge in [0.2, 0.25) is 5.91 Å². The lowest BCUT2D eigenvalue weighted by Gasteiger charge is -2.14. The summed E-state index contributed by atoms with van der Waals surface area (Å²) in [5.74, 6) is -0.491. The molecule has 6 heteroatoms. The Morgan fingerprint density at radius 3 is 2.56 bits per heavy atom. The van der Waals surface area contributed by atoms with Crippen LogP contribution in [0.3, 0.4) is 0 Å². The topological polar surface area (TPSA) is 55.1 Å². The van der Waals surface area contributed by atoms with Crippen molar-refractivity contribution < 1.29 is 18.0 Å². The van der Waals surface area contributed by atoms with E-state index in [1.165, 1.54) is 19.1 Å². The molecule has 0 heterocycles. The van der Waals surface area contributed by atoms with E-state index in [1.54, 1.807) is 6.92 Å². The van der Waals surface area contributed by atoms with E-state index in [9.17, 15) is 18.0 Å². The molecule has 0 saturated heterocycles. The number of nitrogens with one attached hydrogen (secondary N) is 1. The summed E-state index contributed by atoms with van der Waals surface area (Å²) in [5.41, 5.74) is 4.94. The van der Waals surface area contributed by atoms with Gasteiger partial charge in [-0.25, -0.2) is 0 Å². The van der Waals surface area contributed by atoms with Gasteiger partial charge >= 0.3 is 6.18 Å². The predicted octanol–water partition coefficient (Wildman–Crippen LogP) is 2.69. The van der Waals surface area contributed by atoms with Crippen molar-refractivity contribution in [2.45, 2.75) is 32.5 Å². The molecule has 3 nitrogen and oxygen atoms in total. The molecule has 0 aliphatic carbocycles. The van der Waals surface area contributed by atoms with Crippen LogP contribution in [0, 0.1) is 6.92 Å². The molecule has 0 radical (unpaired) electrons. The Hall–Kier alpha value is -1.56. The number of carbonyl (C=O) groups is 1. The normalized spacial score (nSPS) is 13.2. The van der Waals surface area contributed by atoms with E-state index in [-0.39, 0.29) is 11.3 Å². The quantitative estimate of drug-likeness (QED) is 0.877. The van der Waals surface area contributed by atoms with Crippen molar-refractivity contribution in [3.8, 4) is 0 Å². The number of rotatable bonds is 3. The van der Waals surface area contributed by atoms with Crippen LogP contribution in [0.25, 0.3) is 0 Å². The minimum atomic E-state index is -4.43. The third kappa shape index (κ3) is 3.46. The number of hydrogen-bond acceptors (Lipinski definition) is 2. The van der Waals surface area contributed by atoms with Crippen LogP contribution in [0.15, 0.2) is 18.2 Å². The zero-order chi connectivity index (χ0) is 13.9. The summed E-state index contributed by atoms with van der Waals surface area (Å²) in [6.45, 7) is 3.09. The lowest BCUT2D eigenvalue weighted by Crippen LogP contribution is -2.34. The Bertz CT molecular complexity index is 443. The zero-order valence-electron chi connectivity index (χ0n) is 10.1. The number of anilines is 1. The number of alkyl halides is 3. The van der Waals surface area contributed by atoms with Crippen LogP contribution in [0.5, 0.6) is 0 Å². The molecule has 0 aromatic heterocycles. The molecule has 1 aromatic rings. The molecule has 1 rings (SSSR count). The van der Waals surface area contributed by atoms with Crippen LogP contribution in [0.2, 0.25) is 0 Å². The number of carbonyl (C=O) groups excluding carboxylic acids is 1. The van der Waals surface area contributed by atoms with Crippen LogP contribution in [-0.2, 0) is 11.0 Å². The molecule has 0 bridgehead atoms. The second kappa shape index (κ2) is 5.39. The Kier molecular flexibility index (Phi) is 4.34. The maximum Gasteiger partial charge on any atom is 0.416 e. The summed E-state index contributed by atoms with van der Waals surface area (Å²) in [6, 6.07) is 2.93. The molecule has 3 N–H and O–H groups in total. The van der Waals surface area contributed by atoms with Crippen molar-refractivity contribution in [3.63, 3.8) is 0 Å². The predicted molar refractivity (Wildman–Crippen MR) is 63.1 cm³/mol. The molecule has 100 valence electrons. The Labute approximate surface area is 103 Å². The maximum atomic E-state index is 12.7. The Morgan fingerprint density at radius 2 is 2.06 bits per heavy atom. The van der Waals surface area contributed by atoms with Gasteiger partial charge in [-0.15, -0.1) is 0 Å². The fraction of sp³-hybridized carbons (Fsp3) is 0.417. The first-order chi connectivity index (χ1) is 8.25. The highest BCUT2D eigenvalue weighted by Gasteiger charge is 2.32. The third-order valence-electron chi connectivity index (χ3n) is 2.59. The number of benzene rings is 1. The van der Waals surface area contributed by atoms with E-state index in [0.717, 1.165) is 6.07 Å². The van der Waals surface area contributed by atoms with Crippen molar-refractivity contribution in [2.75, 3.05) is 5.32 Å². The highest BCUT2D eigenvalue weighted by atomic mass is 19.4. The fourth-order valence-corrected chi connectivity index (χ4v) is 1.43. The average Bonchev–Trinajstić information content (AvgIpc) is 2.29. The number of halogens is 3. The second-order valence-corrected chi connectivity index (χ2v) is 4.03. The summed E-state index contributed by atoms with van der Waals surface area (Å²) in [5, 5.41) is 2.37. The lowest BCUT2D eigenvalue weighted by molar-refractivity contribution is -0.138. The van der Waals surface area contributed by atoms with E-state index in [1.807, 2.05) is 0 Å². The van der Waals surface area contributed by atoms with Gasteiger partial charge in [-0.1, -0.05) is 13.0 Å². The maximum absolute atomic E-state index is 12.7. The summed E-state index contributed by atoms with van der Waals surface area (Å²) in [6.07, 6.45) is -4.01. The second-order valence-electron chi connectivity index (χ2n) is 4.03.